The van der Waals surface area contributed by atoms with Crippen molar-refractivity contribution in [2.24, 2.45) is 16.6 Å². The van der Waals surface area contributed by atoms with Crippen molar-refractivity contribution in [1.29, 1.82) is 0 Å². The van der Waals surface area contributed by atoms with Crippen molar-refractivity contribution in [1.82, 2.24) is 4.90 Å². The van der Waals surface area contributed by atoms with Crippen molar-refractivity contribution >= 4 is 12.1 Å². The third kappa shape index (κ3) is 5.93. The molecule has 0 aromatic rings. The molecule has 0 aromatic carbocycles. The Balaban J connectivity index is 3.02. The van der Waals surface area contributed by atoms with Gasteiger partial charge in [-0.25, -0.2) is 4.99 Å². The van der Waals surface area contributed by atoms with E-state index in [1.165, 1.54) is 0 Å². The van der Waals surface area contributed by atoms with E-state index in [1.807, 2.05) is 18.0 Å². The second-order valence-corrected chi connectivity index (χ2v) is 6.50. The van der Waals surface area contributed by atoms with E-state index in [2.05, 4.69) is 25.8 Å². The highest BCUT2D eigenvalue weighted by Gasteiger charge is 2.31. The molecule has 0 radical (unpaired) electrons. The average Bonchev–Trinajstić information content (AvgIpc) is 3.12. The lowest BCUT2D eigenvalue weighted by molar-refractivity contribution is -0.137. The van der Waals surface area contributed by atoms with Gasteiger partial charge in [0.2, 0.25) is 5.91 Å². The smallest absolute Gasteiger partial charge is 0.228 e. The van der Waals surface area contributed by atoms with Crippen molar-refractivity contribution < 1.29 is 9.53 Å². The molecule has 2 N–H and O–H groups in total. The Labute approximate surface area is 147 Å². The van der Waals surface area contributed by atoms with Crippen LogP contribution in [0.15, 0.2) is 16.4 Å². The number of amides is 1. The fourth-order valence-electron chi connectivity index (χ4n) is 3.07. The van der Waals surface area contributed by atoms with Gasteiger partial charge in [0.25, 0.3) is 0 Å². The molecule has 2 atom stereocenters. The molecular formula is C19H35N3O2. The van der Waals surface area contributed by atoms with Crippen LogP contribution in [0.5, 0.6) is 0 Å². The van der Waals surface area contributed by atoms with Crippen molar-refractivity contribution in [2.75, 3.05) is 19.8 Å². The lowest BCUT2D eigenvalue weighted by atomic mass is 9.99. The van der Waals surface area contributed by atoms with E-state index in [0.717, 1.165) is 50.6 Å². The Morgan fingerprint density at radius 2 is 2.12 bits per heavy atom. The summed E-state index contributed by atoms with van der Waals surface area (Å²) < 4.78 is 5.41. The van der Waals surface area contributed by atoms with Crippen LogP contribution in [0.2, 0.25) is 0 Å². The van der Waals surface area contributed by atoms with Gasteiger partial charge in [-0.1, -0.05) is 33.6 Å². The van der Waals surface area contributed by atoms with Crippen LogP contribution in [0.4, 0.5) is 0 Å². The Hall–Kier alpha value is -1.36. The third-order valence-electron chi connectivity index (χ3n) is 4.55. The number of carbonyl (C=O) groups excluding carboxylic acids is 1. The van der Waals surface area contributed by atoms with Gasteiger partial charge in [0.1, 0.15) is 5.82 Å². The molecule has 1 aliphatic rings. The third-order valence-corrected chi connectivity index (χ3v) is 4.55. The molecule has 1 saturated heterocycles. The van der Waals surface area contributed by atoms with E-state index in [9.17, 15) is 4.79 Å². The molecule has 5 nitrogen and oxygen atoms in total. The van der Waals surface area contributed by atoms with Gasteiger partial charge < -0.3 is 15.4 Å². The van der Waals surface area contributed by atoms with Crippen LogP contribution in [-0.2, 0) is 9.53 Å². The topological polar surface area (TPSA) is 67.9 Å². The maximum Gasteiger partial charge on any atom is 0.228 e. The van der Waals surface area contributed by atoms with Crippen LogP contribution in [0.3, 0.4) is 0 Å². The molecule has 0 spiro atoms. The SMILES string of the molecule is CC/C=N\C(N)=C(CCC)[C@@H](C)N(CCCC)C(=O)C1CCOC1. The van der Waals surface area contributed by atoms with Gasteiger partial charge in [-0.2, -0.15) is 0 Å². The fraction of sp³-hybridized carbons (Fsp3) is 0.789. The summed E-state index contributed by atoms with van der Waals surface area (Å²) in [6.07, 6.45) is 7.43. The number of aliphatic imine (C=N–C) groups is 1. The standard InChI is InChI=1S/C19H35N3O2/c1-5-8-12-22(19(23)16-10-13-24-14-16)15(4)17(9-6-2)18(20)21-11-7-3/h11,15-16H,5-10,12-14,20H2,1-4H3/b18-17?,21-11-/t15-,16?/m1/s1. The predicted molar refractivity (Wildman–Crippen MR) is 99.9 cm³/mol. The van der Waals surface area contributed by atoms with E-state index in [4.69, 9.17) is 10.5 Å². The average molecular weight is 338 g/mol. The van der Waals surface area contributed by atoms with Gasteiger partial charge >= 0.3 is 0 Å². The van der Waals surface area contributed by atoms with E-state index < -0.39 is 0 Å². The molecule has 1 rings (SSSR count). The zero-order valence-electron chi connectivity index (χ0n) is 15.9. The van der Waals surface area contributed by atoms with Crippen LogP contribution in [0.1, 0.15) is 66.2 Å². The summed E-state index contributed by atoms with van der Waals surface area (Å²) in [6.45, 7) is 10.4. The molecule has 0 aromatic heterocycles. The Morgan fingerprint density at radius 3 is 2.67 bits per heavy atom. The highest BCUT2D eigenvalue weighted by atomic mass is 16.5. The molecular weight excluding hydrogens is 302 g/mol. The number of rotatable bonds is 10. The lowest BCUT2D eigenvalue weighted by Gasteiger charge is -2.33. The van der Waals surface area contributed by atoms with Crippen molar-refractivity contribution in [3.8, 4) is 0 Å². The van der Waals surface area contributed by atoms with Crippen LogP contribution < -0.4 is 5.73 Å². The maximum absolute atomic E-state index is 13.0. The van der Waals surface area contributed by atoms with Crippen LogP contribution >= 0.6 is 0 Å². The first-order chi connectivity index (χ1) is 11.6. The fourth-order valence-corrected chi connectivity index (χ4v) is 3.07. The highest BCUT2D eigenvalue weighted by Crippen LogP contribution is 2.24. The van der Waals surface area contributed by atoms with Crippen molar-refractivity contribution in [3.63, 3.8) is 0 Å². The van der Waals surface area contributed by atoms with Gasteiger partial charge in [0.05, 0.1) is 18.6 Å². The van der Waals surface area contributed by atoms with Gasteiger partial charge in [-0.05, 0) is 38.2 Å². The quantitative estimate of drug-likeness (QED) is 0.620. The molecule has 1 unspecified atom stereocenters. The first kappa shape index (κ1) is 20.7. The molecule has 0 bridgehead atoms. The van der Waals surface area contributed by atoms with Crippen LogP contribution in [0.25, 0.3) is 0 Å². The van der Waals surface area contributed by atoms with Gasteiger partial charge in [0.15, 0.2) is 0 Å². The zero-order chi connectivity index (χ0) is 17.9. The zero-order valence-corrected chi connectivity index (χ0v) is 15.9. The Kier molecular flexibility index (Phi) is 9.69. The van der Waals surface area contributed by atoms with E-state index in [0.29, 0.717) is 19.0 Å². The second-order valence-electron chi connectivity index (χ2n) is 6.50. The molecule has 24 heavy (non-hydrogen) atoms. The lowest BCUT2D eigenvalue weighted by Crippen LogP contribution is -2.44. The first-order valence-electron chi connectivity index (χ1n) is 9.45. The summed E-state index contributed by atoms with van der Waals surface area (Å²) in [5.41, 5.74) is 7.30. The molecule has 138 valence electrons. The highest BCUT2D eigenvalue weighted by molar-refractivity contribution is 5.80. The monoisotopic (exact) mass is 337 g/mol. The van der Waals surface area contributed by atoms with Gasteiger partial charge in [0, 0.05) is 19.4 Å². The minimum Gasteiger partial charge on any atom is -0.384 e. The largest absolute Gasteiger partial charge is 0.384 e. The summed E-state index contributed by atoms with van der Waals surface area (Å²) in [6, 6.07) is -0.0152. The minimum atomic E-state index is -0.0152. The summed E-state index contributed by atoms with van der Waals surface area (Å²) in [5.74, 6) is 0.769. The summed E-state index contributed by atoms with van der Waals surface area (Å²) >= 11 is 0. The molecule has 1 aliphatic heterocycles. The van der Waals surface area contributed by atoms with E-state index in [1.54, 1.807) is 0 Å². The normalized spacial score (nSPS) is 20.2. The Morgan fingerprint density at radius 1 is 1.38 bits per heavy atom. The molecule has 1 fully saturated rings. The maximum atomic E-state index is 13.0. The summed E-state index contributed by atoms with van der Waals surface area (Å²) in [4.78, 5) is 19.4. The van der Waals surface area contributed by atoms with E-state index >= 15 is 0 Å². The number of unbranched alkanes of at least 4 members (excludes halogenated alkanes) is 1. The number of nitrogens with two attached hydrogens (primary N) is 1. The molecule has 1 heterocycles. The Bertz CT molecular complexity index is 440. The van der Waals surface area contributed by atoms with Gasteiger partial charge in [-0.3, -0.25) is 4.79 Å². The molecule has 1 amide bonds. The van der Waals surface area contributed by atoms with Crippen LogP contribution in [0, 0.1) is 5.92 Å². The van der Waals surface area contributed by atoms with Crippen LogP contribution in [-0.4, -0.2) is 42.8 Å². The number of ether oxygens (including phenoxy) is 1. The molecule has 0 aliphatic carbocycles. The summed E-state index contributed by atoms with van der Waals surface area (Å²) in [5, 5.41) is 0. The minimum absolute atomic E-state index is 0.00690. The van der Waals surface area contributed by atoms with E-state index in [-0.39, 0.29) is 17.9 Å². The van der Waals surface area contributed by atoms with Crippen molar-refractivity contribution in [2.45, 2.75) is 72.3 Å². The van der Waals surface area contributed by atoms with Crippen molar-refractivity contribution in [3.05, 3.63) is 11.4 Å². The molecule has 0 saturated carbocycles. The number of nitrogens with zero attached hydrogens (tertiary/aromatic N) is 2. The number of hydrogen-bond donors (Lipinski definition) is 1. The first-order valence-corrected chi connectivity index (χ1v) is 9.45. The number of hydrogen-bond acceptors (Lipinski definition) is 4. The number of carbonyl (C=O) groups is 1. The predicted octanol–water partition coefficient (Wildman–Crippen LogP) is 3.49. The second kappa shape index (κ2) is 11.2. The van der Waals surface area contributed by atoms with Gasteiger partial charge in [-0.15, -0.1) is 0 Å². The summed E-state index contributed by atoms with van der Waals surface area (Å²) in [7, 11) is 0. The molecule has 5 heteroatoms.